The van der Waals surface area contributed by atoms with Crippen molar-refractivity contribution in [2.75, 3.05) is 12.4 Å². The van der Waals surface area contributed by atoms with E-state index in [2.05, 4.69) is 21.2 Å². The van der Waals surface area contributed by atoms with Crippen molar-refractivity contribution in [3.8, 4) is 17.2 Å². The average molecular weight is 398 g/mol. The fourth-order valence-corrected chi connectivity index (χ4v) is 2.68. The standard InChI is InChI=1S/C20H16BrNO3/c1-24-18-12-11-14(21)13-16(18)20(23)22-17-9-5-6-10-19(17)25-15-7-3-2-4-8-15/h2-13H,1H3,(H,22,23). The van der Waals surface area contributed by atoms with Gasteiger partial charge in [0.05, 0.1) is 18.4 Å². The van der Waals surface area contributed by atoms with Crippen molar-refractivity contribution in [1.29, 1.82) is 0 Å². The van der Waals surface area contributed by atoms with Crippen molar-refractivity contribution >= 4 is 27.5 Å². The van der Waals surface area contributed by atoms with Crippen LogP contribution >= 0.6 is 15.9 Å². The molecule has 1 amide bonds. The highest BCUT2D eigenvalue weighted by molar-refractivity contribution is 9.10. The molecule has 0 heterocycles. The molecule has 126 valence electrons. The van der Waals surface area contributed by atoms with Crippen molar-refractivity contribution < 1.29 is 14.3 Å². The van der Waals surface area contributed by atoms with Crippen molar-refractivity contribution in [3.05, 3.63) is 82.8 Å². The maximum Gasteiger partial charge on any atom is 0.259 e. The van der Waals surface area contributed by atoms with E-state index in [1.807, 2.05) is 48.5 Å². The molecule has 0 atom stereocenters. The lowest BCUT2D eigenvalue weighted by molar-refractivity contribution is 0.102. The van der Waals surface area contributed by atoms with Gasteiger partial charge in [-0.05, 0) is 42.5 Å². The zero-order chi connectivity index (χ0) is 17.6. The summed E-state index contributed by atoms with van der Waals surface area (Å²) in [6, 6.07) is 22.0. The first-order chi connectivity index (χ1) is 12.2. The molecule has 0 aromatic heterocycles. The number of nitrogens with one attached hydrogen (secondary N) is 1. The van der Waals surface area contributed by atoms with E-state index in [4.69, 9.17) is 9.47 Å². The van der Waals surface area contributed by atoms with Gasteiger partial charge in [0, 0.05) is 4.47 Å². The molecule has 3 rings (SSSR count). The average Bonchev–Trinajstić information content (AvgIpc) is 2.64. The molecule has 0 saturated heterocycles. The van der Waals surface area contributed by atoms with Gasteiger partial charge in [-0.15, -0.1) is 0 Å². The first kappa shape index (κ1) is 17.0. The SMILES string of the molecule is COc1ccc(Br)cc1C(=O)Nc1ccccc1Oc1ccccc1. The number of halogens is 1. The molecule has 1 N–H and O–H groups in total. The van der Waals surface area contributed by atoms with Crippen molar-refractivity contribution in [3.63, 3.8) is 0 Å². The lowest BCUT2D eigenvalue weighted by Gasteiger charge is -2.13. The number of hydrogen-bond acceptors (Lipinski definition) is 3. The quantitative estimate of drug-likeness (QED) is 0.617. The third-order valence-corrected chi connectivity index (χ3v) is 4.01. The number of para-hydroxylation sites is 3. The molecule has 0 aliphatic rings. The summed E-state index contributed by atoms with van der Waals surface area (Å²) < 4.78 is 11.9. The molecule has 0 aliphatic heterocycles. The minimum absolute atomic E-state index is 0.276. The summed E-state index contributed by atoms with van der Waals surface area (Å²) in [4.78, 5) is 12.7. The highest BCUT2D eigenvalue weighted by Crippen LogP contribution is 2.30. The summed E-state index contributed by atoms with van der Waals surface area (Å²) in [5.41, 5.74) is 1.02. The minimum Gasteiger partial charge on any atom is -0.496 e. The molecule has 0 spiro atoms. The molecule has 0 bridgehead atoms. The summed E-state index contributed by atoms with van der Waals surface area (Å²) in [7, 11) is 1.53. The van der Waals surface area contributed by atoms with Gasteiger partial charge in [-0.2, -0.15) is 0 Å². The van der Waals surface area contributed by atoms with Gasteiger partial charge in [0.15, 0.2) is 5.75 Å². The van der Waals surface area contributed by atoms with Crippen LogP contribution in [-0.2, 0) is 0 Å². The Balaban J connectivity index is 1.86. The molecule has 3 aromatic carbocycles. The Morgan fingerprint density at radius 3 is 2.40 bits per heavy atom. The van der Waals surface area contributed by atoms with Crippen LogP contribution in [0.4, 0.5) is 5.69 Å². The summed E-state index contributed by atoms with van der Waals surface area (Å²) in [6.45, 7) is 0. The Kier molecular flexibility index (Phi) is 5.36. The van der Waals surface area contributed by atoms with Crippen LogP contribution in [0, 0.1) is 0 Å². The number of hydrogen-bond donors (Lipinski definition) is 1. The molecular weight excluding hydrogens is 382 g/mol. The molecule has 4 nitrogen and oxygen atoms in total. The first-order valence-corrected chi connectivity index (χ1v) is 8.43. The van der Waals surface area contributed by atoms with Crippen LogP contribution in [0.15, 0.2) is 77.3 Å². The maximum absolute atomic E-state index is 12.7. The number of carbonyl (C=O) groups excluding carboxylic acids is 1. The monoisotopic (exact) mass is 397 g/mol. The van der Waals surface area contributed by atoms with Crippen molar-refractivity contribution in [2.45, 2.75) is 0 Å². The number of rotatable bonds is 5. The van der Waals surface area contributed by atoms with Crippen LogP contribution in [-0.4, -0.2) is 13.0 Å². The van der Waals surface area contributed by atoms with E-state index in [0.29, 0.717) is 28.5 Å². The van der Waals surface area contributed by atoms with E-state index < -0.39 is 0 Å². The number of amides is 1. The van der Waals surface area contributed by atoms with Gasteiger partial charge in [-0.25, -0.2) is 0 Å². The van der Waals surface area contributed by atoms with Crippen LogP contribution in [0.1, 0.15) is 10.4 Å². The van der Waals surface area contributed by atoms with E-state index >= 15 is 0 Å². The van der Waals surface area contributed by atoms with Gasteiger partial charge in [0.2, 0.25) is 0 Å². The fraction of sp³-hybridized carbons (Fsp3) is 0.0500. The Morgan fingerprint density at radius 2 is 1.64 bits per heavy atom. The molecule has 25 heavy (non-hydrogen) atoms. The molecule has 0 aliphatic carbocycles. The first-order valence-electron chi connectivity index (χ1n) is 7.64. The molecule has 0 radical (unpaired) electrons. The summed E-state index contributed by atoms with van der Waals surface area (Å²) >= 11 is 3.38. The normalized spacial score (nSPS) is 10.2. The smallest absolute Gasteiger partial charge is 0.259 e. The van der Waals surface area contributed by atoms with E-state index in [-0.39, 0.29) is 5.91 Å². The molecule has 0 fully saturated rings. The van der Waals surface area contributed by atoms with Gasteiger partial charge in [-0.1, -0.05) is 46.3 Å². The Morgan fingerprint density at radius 1 is 0.920 bits per heavy atom. The van der Waals surface area contributed by atoms with E-state index in [9.17, 15) is 4.79 Å². The Hall–Kier alpha value is -2.79. The highest BCUT2D eigenvalue weighted by atomic mass is 79.9. The van der Waals surface area contributed by atoms with Gasteiger partial charge in [-0.3, -0.25) is 4.79 Å². The second kappa shape index (κ2) is 7.85. The van der Waals surface area contributed by atoms with E-state index in [1.165, 1.54) is 7.11 Å². The second-order valence-electron chi connectivity index (χ2n) is 5.21. The van der Waals surface area contributed by atoms with Gasteiger partial charge >= 0.3 is 0 Å². The van der Waals surface area contributed by atoms with Crippen LogP contribution in [0.25, 0.3) is 0 Å². The zero-order valence-electron chi connectivity index (χ0n) is 13.5. The molecule has 3 aromatic rings. The van der Waals surface area contributed by atoms with Crippen molar-refractivity contribution in [1.82, 2.24) is 0 Å². The predicted octanol–water partition coefficient (Wildman–Crippen LogP) is 5.50. The maximum atomic E-state index is 12.7. The van der Waals surface area contributed by atoms with E-state index in [0.717, 1.165) is 4.47 Å². The number of carbonyl (C=O) groups is 1. The summed E-state index contributed by atoms with van der Waals surface area (Å²) in [5, 5.41) is 2.88. The van der Waals surface area contributed by atoms with Crippen LogP contribution in [0.5, 0.6) is 17.2 Å². The van der Waals surface area contributed by atoms with Crippen LogP contribution in [0.3, 0.4) is 0 Å². The molecule has 5 heteroatoms. The second-order valence-corrected chi connectivity index (χ2v) is 6.13. The lowest BCUT2D eigenvalue weighted by Crippen LogP contribution is -2.13. The Bertz CT molecular complexity index is 881. The predicted molar refractivity (Wildman–Crippen MR) is 102 cm³/mol. The number of anilines is 1. The fourth-order valence-electron chi connectivity index (χ4n) is 2.32. The molecule has 0 unspecified atom stereocenters. The van der Waals surface area contributed by atoms with Gasteiger partial charge < -0.3 is 14.8 Å². The number of ether oxygens (including phenoxy) is 2. The van der Waals surface area contributed by atoms with Crippen molar-refractivity contribution in [2.24, 2.45) is 0 Å². The van der Waals surface area contributed by atoms with Crippen LogP contribution in [0.2, 0.25) is 0 Å². The third-order valence-electron chi connectivity index (χ3n) is 3.51. The largest absolute Gasteiger partial charge is 0.496 e. The van der Waals surface area contributed by atoms with Gasteiger partial charge in [0.25, 0.3) is 5.91 Å². The Labute approximate surface area is 154 Å². The highest BCUT2D eigenvalue weighted by Gasteiger charge is 2.15. The minimum atomic E-state index is -0.276. The molecular formula is C20H16BrNO3. The van der Waals surface area contributed by atoms with E-state index in [1.54, 1.807) is 24.3 Å². The summed E-state index contributed by atoms with van der Waals surface area (Å²) in [5.74, 6) is 1.49. The molecule has 0 saturated carbocycles. The summed E-state index contributed by atoms with van der Waals surface area (Å²) in [6.07, 6.45) is 0. The zero-order valence-corrected chi connectivity index (χ0v) is 15.1. The lowest BCUT2D eigenvalue weighted by atomic mass is 10.1. The van der Waals surface area contributed by atoms with Crippen LogP contribution < -0.4 is 14.8 Å². The third kappa shape index (κ3) is 4.19. The van der Waals surface area contributed by atoms with Gasteiger partial charge in [0.1, 0.15) is 11.5 Å². The topological polar surface area (TPSA) is 47.6 Å². The number of benzene rings is 3. The number of methoxy groups -OCH3 is 1.